The first kappa shape index (κ1) is 23.8. The first-order valence-electron chi connectivity index (χ1n) is 11.1. The molecule has 1 aliphatic rings. The van der Waals surface area contributed by atoms with Crippen LogP contribution in [0.4, 0.5) is 0 Å². The number of fused-ring (bicyclic) bond motifs is 1. The van der Waals surface area contributed by atoms with Crippen LogP contribution in [-0.4, -0.2) is 55.2 Å². The highest BCUT2D eigenvalue weighted by molar-refractivity contribution is 7.11. The third-order valence-corrected chi connectivity index (χ3v) is 6.50. The highest BCUT2D eigenvalue weighted by atomic mass is 32.1. The molecule has 2 heterocycles. The van der Waals surface area contributed by atoms with Gasteiger partial charge in [0, 0.05) is 35.5 Å². The molecule has 0 unspecified atom stereocenters. The highest BCUT2D eigenvalue weighted by Crippen LogP contribution is 2.32. The zero-order chi connectivity index (χ0) is 23.9. The van der Waals surface area contributed by atoms with Crippen molar-refractivity contribution in [3.8, 4) is 11.5 Å². The van der Waals surface area contributed by atoms with Gasteiger partial charge in [0.25, 0.3) is 5.91 Å². The summed E-state index contributed by atoms with van der Waals surface area (Å²) >= 11 is 1.67. The fourth-order valence-corrected chi connectivity index (χ4v) is 4.63. The molecule has 8 heteroatoms. The van der Waals surface area contributed by atoms with Crippen LogP contribution >= 0.6 is 11.3 Å². The van der Waals surface area contributed by atoms with Crippen LogP contribution in [0.3, 0.4) is 0 Å². The lowest BCUT2D eigenvalue weighted by molar-refractivity contribution is -0.133. The standard InChI is InChI=1S/C26H28N2O5S/c1-19-8-10-22(34-19)16-28(15-20-6-4-3-5-7-20)25(29)17-27(12-13-31-2)26(30)21-9-11-23-24(14-21)33-18-32-23/h3-11,14H,12-13,15-18H2,1-2H3. The zero-order valence-electron chi connectivity index (χ0n) is 19.4. The molecule has 4 rings (SSSR count). The van der Waals surface area contributed by atoms with E-state index >= 15 is 0 Å². The van der Waals surface area contributed by atoms with Crippen LogP contribution in [0.5, 0.6) is 11.5 Å². The Kier molecular flexibility index (Phi) is 7.82. The summed E-state index contributed by atoms with van der Waals surface area (Å²) in [4.78, 5) is 32.5. The minimum absolute atomic E-state index is 0.0478. The van der Waals surface area contributed by atoms with Crippen molar-refractivity contribution >= 4 is 23.2 Å². The zero-order valence-corrected chi connectivity index (χ0v) is 20.2. The third-order valence-electron chi connectivity index (χ3n) is 5.51. The second-order valence-electron chi connectivity index (χ2n) is 8.04. The Morgan fingerprint density at radius 1 is 0.971 bits per heavy atom. The molecule has 7 nitrogen and oxygen atoms in total. The number of thiophene rings is 1. The Balaban J connectivity index is 1.53. The van der Waals surface area contributed by atoms with Crippen molar-refractivity contribution in [3.63, 3.8) is 0 Å². The quantitative estimate of drug-likeness (QED) is 0.437. The van der Waals surface area contributed by atoms with Gasteiger partial charge >= 0.3 is 0 Å². The number of methoxy groups -OCH3 is 1. The van der Waals surface area contributed by atoms with Crippen molar-refractivity contribution in [1.29, 1.82) is 0 Å². The molecular weight excluding hydrogens is 452 g/mol. The number of rotatable bonds is 10. The van der Waals surface area contributed by atoms with Gasteiger partial charge in [-0.1, -0.05) is 30.3 Å². The molecule has 0 saturated carbocycles. The number of benzene rings is 2. The summed E-state index contributed by atoms with van der Waals surface area (Å²) in [6, 6.07) is 19.0. The van der Waals surface area contributed by atoms with Gasteiger partial charge in [0.2, 0.25) is 12.7 Å². The third kappa shape index (κ3) is 5.95. The van der Waals surface area contributed by atoms with E-state index in [1.807, 2.05) is 43.3 Å². The average molecular weight is 481 g/mol. The molecule has 0 radical (unpaired) electrons. The van der Waals surface area contributed by atoms with Crippen molar-refractivity contribution in [3.05, 3.63) is 81.5 Å². The smallest absolute Gasteiger partial charge is 0.254 e. The van der Waals surface area contributed by atoms with Gasteiger partial charge in [-0.25, -0.2) is 0 Å². The maximum Gasteiger partial charge on any atom is 0.254 e. The van der Waals surface area contributed by atoms with Crippen molar-refractivity contribution < 1.29 is 23.8 Å². The number of hydrogen-bond acceptors (Lipinski definition) is 6. The van der Waals surface area contributed by atoms with Gasteiger partial charge in [0.05, 0.1) is 13.2 Å². The second-order valence-corrected chi connectivity index (χ2v) is 9.41. The lowest BCUT2D eigenvalue weighted by Crippen LogP contribution is -2.43. The van der Waals surface area contributed by atoms with Crippen LogP contribution < -0.4 is 9.47 Å². The van der Waals surface area contributed by atoms with Gasteiger partial charge in [-0.15, -0.1) is 11.3 Å². The monoisotopic (exact) mass is 480 g/mol. The Morgan fingerprint density at radius 3 is 2.50 bits per heavy atom. The molecule has 0 spiro atoms. The van der Waals surface area contributed by atoms with E-state index in [1.165, 1.54) is 9.78 Å². The molecule has 0 fully saturated rings. The van der Waals surface area contributed by atoms with Crippen molar-refractivity contribution in [2.45, 2.75) is 20.0 Å². The molecule has 2 amide bonds. The maximum atomic E-state index is 13.5. The lowest BCUT2D eigenvalue weighted by Gasteiger charge is -2.27. The average Bonchev–Trinajstić information content (AvgIpc) is 3.49. The molecule has 3 aromatic rings. The molecule has 0 saturated heterocycles. The van der Waals surface area contributed by atoms with Crippen LogP contribution in [0, 0.1) is 6.92 Å². The number of nitrogens with zero attached hydrogens (tertiary/aromatic N) is 2. The largest absolute Gasteiger partial charge is 0.454 e. The molecular formula is C26H28N2O5S. The fraction of sp³-hybridized carbons (Fsp3) is 0.308. The fourth-order valence-electron chi connectivity index (χ4n) is 3.72. The summed E-state index contributed by atoms with van der Waals surface area (Å²) in [6.45, 7) is 3.71. The lowest BCUT2D eigenvalue weighted by atomic mass is 10.1. The number of carbonyl (C=O) groups excluding carboxylic acids is 2. The molecule has 0 atom stereocenters. The van der Waals surface area contributed by atoms with E-state index in [0.29, 0.717) is 43.3 Å². The topological polar surface area (TPSA) is 68.3 Å². The van der Waals surface area contributed by atoms with E-state index in [9.17, 15) is 9.59 Å². The summed E-state index contributed by atoms with van der Waals surface area (Å²) in [5.74, 6) is 0.759. The first-order valence-corrected chi connectivity index (χ1v) is 11.9. The van der Waals surface area contributed by atoms with Gasteiger partial charge in [0.15, 0.2) is 11.5 Å². The molecule has 0 N–H and O–H groups in total. The van der Waals surface area contributed by atoms with Gasteiger partial charge < -0.3 is 24.0 Å². The summed E-state index contributed by atoms with van der Waals surface area (Å²) in [7, 11) is 1.58. The van der Waals surface area contributed by atoms with E-state index in [4.69, 9.17) is 14.2 Å². The minimum Gasteiger partial charge on any atom is -0.454 e. The van der Waals surface area contributed by atoms with Crippen LogP contribution in [0.2, 0.25) is 0 Å². The molecule has 0 bridgehead atoms. The summed E-state index contributed by atoms with van der Waals surface area (Å²) < 4.78 is 16.0. The summed E-state index contributed by atoms with van der Waals surface area (Å²) in [5.41, 5.74) is 1.48. The predicted molar refractivity (Wildman–Crippen MR) is 130 cm³/mol. The van der Waals surface area contributed by atoms with Crippen molar-refractivity contribution in [2.24, 2.45) is 0 Å². The number of hydrogen-bond donors (Lipinski definition) is 0. The predicted octanol–water partition coefficient (Wildman–Crippen LogP) is 4.10. The molecule has 34 heavy (non-hydrogen) atoms. The van der Waals surface area contributed by atoms with Crippen molar-refractivity contribution in [2.75, 3.05) is 33.6 Å². The van der Waals surface area contributed by atoms with Gasteiger partial charge in [-0.3, -0.25) is 9.59 Å². The van der Waals surface area contributed by atoms with E-state index in [0.717, 1.165) is 10.4 Å². The Hall–Kier alpha value is -3.36. The maximum absolute atomic E-state index is 13.5. The Morgan fingerprint density at radius 2 is 1.76 bits per heavy atom. The summed E-state index contributed by atoms with van der Waals surface area (Å²) in [6.07, 6.45) is 0. The van der Waals surface area contributed by atoms with Crippen LogP contribution in [0.15, 0.2) is 60.7 Å². The number of aryl methyl sites for hydroxylation is 1. The minimum atomic E-state index is -0.254. The van der Waals surface area contributed by atoms with E-state index in [-0.39, 0.29) is 25.2 Å². The van der Waals surface area contributed by atoms with Crippen molar-refractivity contribution in [1.82, 2.24) is 9.80 Å². The van der Waals surface area contributed by atoms with Gasteiger partial charge in [0.1, 0.15) is 6.54 Å². The normalized spacial score (nSPS) is 11.9. The number of carbonyl (C=O) groups is 2. The van der Waals surface area contributed by atoms with Gasteiger partial charge in [-0.2, -0.15) is 0 Å². The molecule has 0 aliphatic carbocycles. The number of amides is 2. The van der Waals surface area contributed by atoms with E-state index in [2.05, 4.69) is 6.07 Å². The summed E-state index contributed by atoms with van der Waals surface area (Å²) in [5, 5.41) is 0. The first-order chi connectivity index (χ1) is 16.5. The number of ether oxygens (including phenoxy) is 3. The Labute approximate surface area is 203 Å². The van der Waals surface area contributed by atoms with Crippen LogP contribution in [0.1, 0.15) is 25.7 Å². The molecule has 1 aliphatic heterocycles. The Bertz CT molecular complexity index is 1130. The van der Waals surface area contributed by atoms with Crippen LogP contribution in [0.25, 0.3) is 0 Å². The molecule has 1 aromatic heterocycles. The second kappa shape index (κ2) is 11.2. The SMILES string of the molecule is COCCN(CC(=O)N(Cc1ccccc1)Cc1ccc(C)s1)C(=O)c1ccc2c(c1)OCO2. The van der Waals surface area contributed by atoms with E-state index < -0.39 is 0 Å². The van der Waals surface area contributed by atoms with Gasteiger partial charge in [-0.05, 0) is 42.8 Å². The van der Waals surface area contributed by atoms with E-state index in [1.54, 1.807) is 41.5 Å². The highest BCUT2D eigenvalue weighted by Gasteiger charge is 2.25. The molecule has 178 valence electrons. The molecule has 2 aromatic carbocycles. The van der Waals surface area contributed by atoms with Crippen LogP contribution in [-0.2, 0) is 22.6 Å².